The van der Waals surface area contributed by atoms with E-state index in [1.165, 1.54) is 27.5 Å². The lowest BCUT2D eigenvalue weighted by Crippen LogP contribution is -2.08. The van der Waals surface area contributed by atoms with Crippen molar-refractivity contribution in [1.82, 2.24) is 0 Å². The van der Waals surface area contributed by atoms with E-state index in [1.807, 2.05) is 6.92 Å². The van der Waals surface area contributed by atoms with E-state index in [0.29, 0.717) is 12.4 Å². The summed E-state index contributed by atoms with van der Waals surface area (Å²) in [5.74, 6) is 0.276. The molecule has 0 radical (unpaired) electrons. The van der Waals surface area contributed by atoms with Gasteiger partial charge in [0.15, 0.2) is 0 Å². The topological polar surface area (TPSA) is 21.3 Å². The SMILES string of the molecule is CCOc1cc(F)ccc1NC(C)c1cc(C)sc1C. The number of rotatable bonds is 5. The molecule has 0 aliphatic rings. The van der Waals surface area contributed by atoms with Crippen molar-refractivity contribution < 1.29 is 9.13 Å². The molecule has 2 aromatic rings. The standard InChI is InChI=1S/C16H20FNOS/c1-5-19-16-9-13(17)6-7-15(16)18-11(3)14-8-10(2)20-12(14)4/h6-9,11,18H,5H2,1-4H3. The van der Waals surface area contributed by atoms with Crippen molar-refractivity contribution in [2.75, 3.05) is 11.9 Å². The molecule has 0 bridgehead atoms. The van der Waals surface area contributed by atoms with Crippen LogP contribution < -0.4 is 10.1 Å². The van der Waals surface area contributed by atoms with E-state index >= 15 is 0 Å². The van der Waals surface area contributed by atoms with E-state index in [-0.39, 0.29) is 11.9 Å². The van der Waals surface area contributed by atoms with E-state index in [9.17, 15) is 4.39 Å². The van der Waals surface area contributed by atoms with Crippen LogP contribution in [-0.2, 0) is 0 Å². The predicted molar refractivity (Wildman–Crippen MR) is 83.4 cm³/mol. The fourth-order valence-electron chi connectivity index (χ4n) is 2.28. The van der Waals surface area contributed by atoms with E-state index in [2.05, 4.69) is 32.2 Å². The highest BCUT2D eigenvalue weighted by Gasteiger charge is 2.13. The van der Waals surface area contributed by atoms with Gasteiger partial charge in [-0.25, -0.2) is 4.39 Å². The molecule has 0 aliphatic carbocycles. The summed E-state index contributed by atoms with van der Waals surface area (Å²) in [6, 6.07) is 6.95. The molecule has 1 aromatic heterocycles. The van der Waals surface area contributed by atoms with Gasteiger partial charge in [-0.05, 0) is 51.5 Å². The molecule has 0 aliphatic heterocycles. The quantitative estimate of drug-likeness (QED) is 0.830. The van der Waals surface area contributed by atoms with Crippen LogP contribution in [0.3, 0.4) is 0 Å². The molecule has 2 rings (SSSR count). The third-order valence-electron chi connectivity index (χ3n) is 3.16. The Kier molecular flexibility index (Phi) is 4.65. The predicted octanol–water partition coefficient (Wildman–Crippen LogP) is 5.08. The molecule has 0 saturated carbocycles. The summed E-state index contributed by atoms with van der Waals surface area (Å²) >= 11 is 1.79. The Hall–Kier alpha value is -1.55. The maximum atomic E-state index is 13.3. The number of hydrogen-bond acceptors (Lipinski definition) is 3. The van der Waals surface area contributed by atoms with Crippen molar-refractivity contribution >= 4 is 17.0 Å². The molecular formula is C16H20FNOS. The zero-order valence-electron chi connectivity index (χ0n) is 12.3. The number of nitrogens with one attached hydrogen (secondary N) is 1. The minimum atomic E-state index is -0.283. The molecule has 108 valence electrons. The van der Waals surface area contributed by atoms with Crippen LogP contribution in [0.2, 0.25) is 0 Å². The Balaban J connectivity index is 2.23. The highest BCUT2D eigenvalue weighted by atomic mass is 32.1. The van der Waals surface area contributed by atoms with Crippen molar-refractivity contribution in [3.8, 4) is 5.75 Å². The van der Waals surface area contributed by atoms with Gasteiger partial charge in [-0.2, -0.15) is 0 Å². The minimum Gasteiger partial charge on any atom is -0.492 e. The van der Waals surface area contributed by atoms with Gasteiger partial charge >= 0.3 is 0 Å². The number of ether oxygens (including phenoxy) is 1. The fourth-order valence-corrected chi connectivity index (χ4v) is 3.30. The Labute approximate surface area is 123 Å². The molecule has 0 spiro atoms. The van der Waals surface area contributed by atoms with Crippen LogP contribution in [0.25, 0.3) is 0 Å². The summed E-state index contributed by atoms with van der Waals surface area (Å²) in [6.07, 6.45) is 0. The van der Waals surface area contributed by atoms with Crippen LogP contribution in [0.4, 0.5) is 10.1 Å². The lowest BCUT2D eigenvalue weighted by molar-refractivity contribution is 0.339. The summed E-state index contributed by atoms with van der Waals surface area (Å²) in [6.45, 7) is 8.75. The Bertz CT molecular complexity index is 594. The molecule has 1 unspecified atom stereocenters. The second-order valence-corrected chi connectivity index (χ2v) is 6.27. The van der Waals surface area contributed by atoms with Gasteiger partial charge in [-0.3, -0.25) is 0 Å². The highest BCUT2D eigenvalue weighted by molar-refractivity contribution is 7.12. The fraction of sp³-hybridized carbons (Fsp3) is 0.375. The molecule has 4 heteroatoms. The molecule has 0 fully saturated rings. The smallest absolute Gasteiger partial charge is 0.145 e. The summed E-state index contributed by atoms with van der Waals surface area (Å²) in [4.78, 5) is 2.61. The first-order valence-electron chi connectivity index (χ1n) is 6.77. The molecule has 1 N–H and O–H groups in total. The lowest BCUT2D eigenvalue weighted by atomic mass is 10.1. The van der Waals surface area contributed by atoms with Gasteiger partial charge in [-0.15, -0.1) is 11.3 Å². The van der Waals surface area contributed by atoms with E-state index in [4.69, 9.17) is 4.74 Å². The minimum absolute atomic E-state index is 0.157. The summed E-state index contributed by atoms with van der Waals surface area (Å²) < 4.78 is 18.8. The summed E-state index contributed by atoms with van der Waals surface area (Å²) in [5, 5.41) is 3.41. The molecule has 0 saturated heterocycles. The first-order valence-corrected chi connectivity index (χ1v) is 7.58. The molecule has 1 atom stereocenters. The van der Waals surface area contributed by atoms with Crippen molar-refractivity contribution in [2.45, 2.75) is 33.7 Å². The third-order valence-corrected chi connectivity index (χ3v) is 4.14. The number of anilines is 1. The van der Waals surface area contributed by atoms with E-state index in [0.717, 1.165) is 5.69 Å². The van der Waals surface area contributed by atoms with Crippen LogP contribution in [0, 0.1) is 19.7 Å². The van der Waals surface area contributed by atoms with Crippen LogP contribution in [0.15, 0.2) is 24.3 Å². The Morgan fingerprint density at radius 2 is 2.05 bits per heavy atom. The van der Waals surface area contributed by atoms with Gasteiger partial charge in [0.25, 0.3) is 0 Å². The van der Waals surface area contributed by atoms with Crippen molar-refractivity contribution in [1.29, 1.82) is 0 Å². The van der Waals surface area contributed by atoms with Gasteiger partial charge in [0.05, 0.1) is 12.3 Å². The molecule has 20 heavy (non-hydrogen) atoms. The van der Waals surface area contributed by atoms with Crippen LogP contribution in [0.1, 0.15) is 35.2 Å². The van der Waals surface area contributed by atoms with E-state index in [1.54, 1.807) is 17.4 Å². The number of aryl methyl sites for hydroxylation is 2. The zero-order chi connectivity index (χ0) is 14.7. The molecular weight excluding hydrogens is 273 g/mol. The average molecular weight is 293 g/mol. The number of hydrogen-bond donors (Lipinski definition) is 1. The van der Waals surface area contributed by atoms with Crippen LogP contribution in [0.5, 0.6) is 5.75 Å². The molecule has 0 amide bonds. The van der Waals surface area contributed by atoms with Crippen LogP contribution in [-0.4, -0.2) is 6.61 Å². The first kappa shape index (κ1) is 14.9. The maximum absolute atomic E-state index is 13.3. The zero-order valence-corrected chi connectivity index (χ0v) is 13.1. The van der Waals surface area contributed by atoms with Gasteiger partial charge in [0.1, 0.15) is 11.6 Å². The molecule has 1 heterocycles. The van der Waals surface area contributed by atoms with Crippen molar-refractivity contribution in [2.24, 2.45) is 0 Å². The third kappa shape index (κ3) is 3.31. The van der Waals surface area contributed by atoms with Gasteiger partial charge in [-0.1, -0.05) is 0 Å². The monoisotopic (exact) mass is 293 g/mol. The average Bonchev–Trinajstić information content (AvgIpc) is 2.72. The van der Waals surface area contributed by atoms with Gasteiger partial charge < -0.3 is 10.1 Å². The second kappa shape index (κ2) is 6.27. The van der Waals surface area contributed by atoms with E-state index < -0.39 is 0 Å². The number of halogens is 1. The molecule has 2 nitrogen and oxygen atoms in total. The van der Waals surface area contributed by atoms with Gasteiger partial charge in [0, 0.05) is 21.9 Å². The summed E-state index contributed by atoms with van der Waals surface area (Å²) in [7, 11) is 0. The largest absolute Gasteiger partial charge is 0.492 e. The van der Waals surface area contributed by atoms with Crippen molar-refractivity contribution in [3.05, 3.63) is 45.4 Å². The Morgan fingerprint density at radius 1 is 1.30 bits per heavy atom. The Morgan fingerprint density at radius 3 is 2.65 bits per heavy atom. The number of thiophene rings is 1. The first-order chi connectivity index (χ1) is 9.51. The van der Waals surface area contributed by atoms with Crippen LogP contribution >= 0.6 is 11.3 Å². The highest BCUT2D eigenvalue weighted by Crippen LogP contribution is 2.32. The second-order valence-electron chi connectivity index (χ2n) is 4.81. The normalized spacial score (nSPS) is 12.2. The maximum Gasteiger partial charge on any atom is 0.145 e. The number of benzene rings is 1. The molecule has 1 aromatic carbocycles. The lowest BCUT2D eigenvalue weighted by Gasteiger charge is -2.18. The van der Waals surface area contributed by atoms with Crippen molar-refractivity contribution in [3.63, 3.8) is 0 Å². The summed E-state index contributed by atoms with van der Waals surface area (Å²) in [5.41, 5.74) is 2.10. The van der Waals surface area contributed by atoms with Gasteiger partial charge in [0.2, 0.25) is 0 Å².